The molecule has 2 aromatic rings. The van der Waals surface area contributed by atoms with Gasteiger partial charge in [0.15, 0.2) is 0 Å². The second-order valence-corrected chi connectivity index (χ2v) is 5.90. The number of rotatable bonds is 4. The third kappa shape index (κ3) is 3.94. The molecule has 128 valence electrons. The number of methoxy groups -OCH3 is 1. The standard InChI is InChI=1S/C20H18FNO3/c1-25-20(24)16-12-19(23)22(13-16)18-10-6-15(7-11-18)3-2-14-4-8-17(21)9-5-14/h2-11,16H,12-13H2,1H3/b3-2+. The maximum atomic E-state index is 12.9. The minimum absolute atomic E-state index is 0.0787. The lowest BCUT2D eigenvalue weighted by atomic mass is 10.1. The topological polar surface area (TPSA) is 46.6 Å². The second-order valence-electron chi connectivity index (χ2n) is 5.90. The van der Waals surface area contributed by atoms with Crippen molar-refractivity contribution in [2.75, 3.05) is 18.6 Å². The highest BCUT2D eigenvalue weighted by Gasteiger charge is 2.35. The summed E-state index contributed by atoms with van der Waals surface area (Å²) in [6, 6.07) is 13.7. The summed E-state index contributed by atoms with van der Waals surface area (Å²) in [6.45, 7) is 0.344. The van der Waals surface area contributed by atoms with Crippen LogP contribution in [0.2, 0.25) is 0 Å². The molecule has 1 atom stereocenters. The first-order valence-electron chi connectivity index (χ1n) is 7.99. The van der Waals surface area contributed by atoms with Crippen molar-refractivity contribution >= 4 is 29.7 Å². The number of hydrogen-bond donors (Lipinski definition) is 0. The van der Waals surface area contributed by atoms with Gasteiger partial charge < -0.3 is 9.64 Å². The fourth-order valence-electron chi connectivity index (χ4n) is 2.81. The molecule has 3 rings (SSSR count). The Hall–Kier alpha value is -2.95. The van der Waals surface area contributed by atoms with Gasteiger partial charge in [0.1, 0.15) is 5.82 Å². The van der Waals surface area contributed by atoms with Crippen LogP contribution in [0.15, 0.2) is 48.5 Å². The van der Waals surface area contributed by atoms with E-state index in [2.05, 4.69) is 0 Å². The van der Waals surface area contributed by atoms with Crippen molar-refractivity contribution in [1.82, 2.24) is 0 Å². The van der Waals surface area contributed by atoms with E-state index >= 15 is 0 Å². The number of carbonyl (C=O) groups excluding carboxylic acids is 2. The molecule has 25 heavy (non-hydrogen) atoms. The van der Waals surface area contributed by atoms with Gasteiger partial charge >= 0.3 is 5.97 Å². The van der Waals surface area contributed by atoms with Crippen LogP contribution in [-0.4, -0.2) is 25.5 Å². The third-order valence-corrected chi connectivity index (χ3v) is 4.20. The van der Waals surface area contributed by atoms with E-state index in [0.29, 0.717) is 6.54 Å². The highest BCUT2D eigenvalue weighted by atomic mass is 19.1. The average Bonchev–Trinajstić information content (AvgIpc) is 3.03. The Morgan fingerprint density at radius 2 is 1.64 bits per heavy atom. The number of nitrogens with zero attached hydrogens (tertiary/aromatic N) is 1. The van der Waals surface area contributed by atoms with E-state index in [1.165, 1.54) is 19.2 Å². The highest BCUT2D eigenvalue weighted by Crippen LogP contribution is 2.26. The molecule has 5 heteroatoms. The molecular formula is C20H18FNO3. The summed E-state index contributed by atoms with van der Waals surface area (Å²) in [5.41, 5.74) is 2.63. The van der Waals surface area contributed by atoms with Gasteiger partial charge in [-0.05, 0) is 35.4 Å². The molecule has 1 saturated heterocycles. The SMILES string of the molecule is COC(=O)C1CC(=O)N(c2ccc(/C=C/c3ccc(F)cc3)cc2)C1. The Morgan fingerprint density at radius 3 is 2.20 bits per heavy atom. The lowest BCUT2D eigenvalue weighted by Crippen LogP contribution is -2.26. The number of amides is 1. The number of anilines is 1. The normalized spacial score (nSPS) is 17.3. The van der Waals surface area contributed by atoms with E-state index in [0.717, 1.165) is 16.8 Å². The van der Waals surface area contributed by atoms with Crippen molar-refractivity contribution in [3.63, 3.8) is 0 Å². The molecule has 1 aliphatic rings. The molecule has 0 radical (unpaired) electrons. The number of halogens is 1. The quantitative estimate of drug-likeness (QED) is 0.632. The molecular weight excluding hydrogens is 321 g/mol. The van der Waals surface area contributed by atoms with Crippen molar-refractivity contribution < 1.29 is 18.7 Å². The summed E-state index contributed by atoms with van der Waals surface area (Å²) in [5.74, 6) is -1.10. The van der Waals surface area contributed by atoms with Crippen molar-refractivity contribution in [1.29, 1.82) is 0 Å². The smallest absolute Gasteiger partial charge is 0.311 e. The minimum Gasteiger partial charge on any atom is -0.469 e. The lowest BCUT2D eigenvalue weighted by Gasteiger charge is -2.16. The van der Waals surface area contributed by atoms with Crippen LogP contribution in [0.4, 0.5) is 10.1 Å². The van der Waals surface area contributed by atoms with Crippen LogP contribution < -0.4 is 4.90 Å². The van der Waals surface area contributed by atoms with Gasteiger partial charge in [-0.2, -0.15) is 0 Å². The van der Waals surface area contributed by atoms with Gasteiger partial charge in [0.2, 0.25) is 5.91 Å². The summed E-state index contributed by atoms with van der Waals surface area (Å²) in [5, 5.41) is 0. The van der Waals surface area contributed by atoms with Crippen LogP contribution >= 0.6 is 0 Å². The third-order valence-electron chi connectivity index (χ3n) is 4.20. The van der Waals surface area contributed by atoms with Gasteiger partial charge in [-0.1, -0.05) is 36.4 Å². The predicted octanol–water partition coefficient (Wildman–Crippen LogP) is 3.52. The Kier molecular flexibility index (Phi) is 4.93. The molecule has 2 aromatic carbocycles. The molecule has 0 saturated carbocycles. The van der Waals surface area contributed by atoms with E-state index in [9.17, 15) is 14.0 Å². The summed E-state index contributed by atoms with van der Waals surface area (Å²) in [4.78, 5) is 25.3. The van der Waals surface area contributed by atoms with Crippen molar-refractivity contribution in [2.24, 2.45) is 5.92 Å². The summed E-state index contributed by atoms with van der Waals surface area (Å²) in [6.07, 6.45) is 3.99. The first-order valence-corrected chi connectivity index (χ1v) is 7.99. The average molecular weight is 339 g/mol. The minimum atomic E-state index is -0.407. The van der Waals surface area contributed by atoms with Gasteiger partial charge in [-0.15, -0.1) is 0 Å². The molecule has 0 N–H and O–H groups in total. The van der Waals surface area contributed by atoms with Gasteiger partial charge in [-0.3, -0.25) is 9.59 Å². The molecule has 1 heterocycles. The maximum Gasteiger partial charge on any atom is 0.311 e. The molecule has 1 aliphatic heterocycles. The zero-order valence-electron chi connectivity index (χ0n) is 13.8. The number of hydrogen-bond acceptors (Lipinski definition) is 3. The van der Waals surface area contributed by atoms with Gasteiger partial charge in [-0.25, -0.2) is 4.39 Å². The molecule has 1 unspecified atom stereocenters. The Bertz CT molecular complexity index is 797. The van der Waals surface area contributed by atoms with E-state index in [-0.39, 0.29) is 24.1 Å². The molecule has 4 nitrogen and oxygen atoms in total. The maximum absolute atomic E-state index is 12.9. The summed E-state index contributed by atoms with van der Waals surface area (Å²) >= 11 is 0. The molecule has 0 bridgehead atoms. The first-order chi connectivity index (χ1) is 12.1. The first kappa shape index (κ1) is 16.9. The molecule has 0 spiro atoms. The van der Waals surface area contributed by atoms with E-state index in [1.54, 1.807) is 17.0 Å². The van der Waals surface area contributed by atoms with Crippen LogP contribution in [0.25, 0.3) is 12.2 Å². The summed E-state index contributed by atoms with van der Waals surface area (Å²) in [7, 11) is 1.33. The predicted molar refractivity (Wildman–Crippen MR) is 94.2 cm³/mol. The van der Waals surface area contributed by atoms with Crippen LogP contribution in [0.3, 0.4) is 0 Å². The second kappa shape index (κ2) is 7.30. The Morgan fingerprint density at radius 1 is 1.08 bits per heavy atom. The fraction of sp³-hybridized carbons (Fsp3) is 0.200. The number of benzene rings is 2. The zero-order valence-corrected chi connectivity index (χ0v) is 13.8. The molecule has 1 fully saturated rings. The van der Waals surface area contributed by atoms with E-state index in [1.807, 2.05) is 36.4 Å². The van der Waals surface area contributed by atoms with Crippen molar-refractivity contribution in [2.45, 2.75) is 6.42 Å². The van der Waals surface area contributed by atoms with Crippen LogP contribution in [0, 0.1) is 11.7 Å². The lowest BCUT2D eigenvalue weighted by molar-refractivity contribution is -0.145. The van der Waals surface area contributed by atoms with Crippen molar-refractivity contribution in [3.05, 3.63) is 65.5 Å². The fourth-order valence-corrected chi connectivity index (χ4v) is 2.81. The number of esters is 1. The largest absolute Gasteiger partial charge is 0.469 e. The number of ether oxygens (including phenoxy) is 1. The van der Waals surface area contributed by atoms with Crippen LogP contribution in [0.1, 0.15) is 17.5 Å². The summed E-state index contributed by atoms with van der Waals surface area (Å²) < 4.78 is 17.6. The van der Waals surface area contributed by atoms with E-state index in [4.69, 9.17) is 4.74 Å². The highest BCUT2D eigenvalue weighted by molar-refractivity contribution is 5.99. The molecule has 1 amide bonds. The molecule has 0 aromatic heterocycles. The number of carbonyl (C=O) groups is 2. The van der Waals surface area contributed by atoms with Crippen LogP contribution in [-0.2, 0) is 14.3 Å². The van der Waals surface area contributed by atoms with Gasteiger partial charge in [0.25, 0.3) is 0 Å². The van der Waals surface area contributed by atoms with Crippen molar-refractivity contribution in [3.8, 4) is 0 Å². The van der Waals surface area contributed by atoms with Crippen LogP contribution in [0.5, 0.6) is 0 Å². The van der Waals surface area contributed by atoms with Gasteiger partial charge in [0, 0.05) is 18.7 Å². The Labute approximate surface area is 145 Å². The molecule has 0 aliphatic carbocycles. The zero-order chi connectivity index (χ0) is 17.8. The van der Waals surface area contributed by atoms with E-state index < -0.39 is 5.92 Å². The van der Waals surface area contributed by atoms with Gasteiger partial charge in [0.05, 0.1) is 13.0 Å². The monoisotopic (exact) mass is 339 g/mol. The Balaban J connectivity index is 1.69.